The van der Waals surface area contributed by atoms with Crippen LogP contribution < -0.4 is 5.32 Å². The van der Waals surface area contributed by atoms with E-state index in [1.807, 2.05) is 50.8 Å². The van der Waals surface area contributed by atoms with Gasteiger partial charge in [0.1, 0.15) is 0 Å². The van der Waals surface area contributed by atoms with Crippen molar-refractivity contribution in [1.29, 1.82) is 0 Å². The normalized spacial score (nSPS) is 16.6. The standard InChI is InChI=1S/C20H31N3O3.ClH/c1-5-22(13-19(24)25)17-8-10-23(11-9-17)16(4)20(26)21-18-12-14(2)6-7-15(18)3;/h6-7,12,16-17H,5,8-11,13H2,1-4H3,(H,21,26)(H,24,25);1H. The topological polar surface area (TPSA) is 72.9 Å². The fourth-order valence-electron chi connectivity index (χ4n) is 3.58. The van der Waals surface area contributed by atoms with Crippen LogP contribution in [0.2, 0.25) is 0 Å². The van der Waals surface area contributed by atoms with E-state index >= 15 is 0 Å². The van der Waals surface area contributed by atoms with Crippen molar-refractivity contribution in [3.05, 3.63) is 29.3 Å². The Morgan fingerprint density at radius 1 is 1.30 bits per heavy atom. The maximum atomic E-state index is 12.7. The number of benzene rings is 1. The largest absolute Gasteiger partial charge is 0.480 e. The zero-order chi connectivity index (χ0) is 19.3. The lowest BCUT2D eigenvalue weighted by molar-refractivity contribution is -0.139. The fourth-order valence-corrected chi connectivity index (χ4v) is 3.58. The molecule has 1 aliphatic heterocycles. The molecule has 1 aromatic rings. The first-order valence-electron chi connectivity index (χ1n) is 9.39. The highest BCUT2D eigenvalue weighted by molar-refractivity contribution is 5.95. The summed E-state index contributed by atoms with van der Waals surface area (Å²) in [5, 5.41) is 12.1. The molecule has 1 atom stereocenters. The number of aryl methyl sites for hydroxylation is 2. The predicted octanol–water partition coefficient (Wildman–Crippen LogP) is 2.92. The molecular weight excluding hydrogens is 366 g/mol. The van der Waals surface area contributed by atoms with Crippen molar-refractivity contribution in [1.82, 2.24) is 9.80 Å². The zero-order valence-corrected chi connectivity index (χ0v) is 17.5. The minimum Gasteiger partial charge on any atom is -0.480 e. The maximum Gasteiger partial charge on any atom is 0.317 e. The Labute approximate surface area is 168 Å². The molecule has 0 radical (unpaired) electrons. The minimum absolute atomic E-state index is 0. The summed E-state index contributed by atoms with van der Waals surface area (Å²) >= 11 is 0. The lowest BCUT2D eigenvalue weighted by Crippen LogP contribution is -2.51. The van der Waals surface area contributed by atoms with Gasteiger partial charge in [-0.3, -0.25) is 19.4 Å². The van der Waals surface area contributed by atoms with Crippen LogP contribution in [0.1, 0.15) is 37.8 Å². The molecule has 0 aliphatic carbocycles. The average Bonchev–Trinajstić information content (AvgIpc) is 2.62. The van der Waals surface area contributed by atoms with E-state index in [1.54, 1.807) is 0 Å². The van der Waals surface area contributed by atoms with E-state index < -0.39 is 5.97 Å². The Morgan fingerprint density at radius 3 is 2.48 bits per heavy atom. The number of carboxylic acid groups (broad SMARTS) is 1. The summed E-state index contributed by atoms with van der Waals surface area (Å²) in [4.78, 5) is 27.8. The third kappa shape index (κ3) is 6.48. The molecule has 1 aliphatic rings. The number of carbonyl (C=O) groups excluding carboxylic acids is 1. The maximum absolute atomic E-state index is 12.7. The highest BCUT2D eigenvalue weighted by atomic mass is 35.5. The first-order valence-corrected chi connectivity index (χ1v) is 9.39. The molecule has 7 heteroatoms. The lowest BCUT2D eigenvalue weighted by Gasteiger charge is -2.39. The van der Waals surface area contributed by atoms with Gasteiger partial charge in [0.15, 0.2) is 0 Å². The number of carboxylic acids is 1. The van der Waals surface area contributed by atoms with Crippen LogP contribution in [0.15, 0.2) is 18.2 Å². The van der Waals surface area contributed by atoms with Crippen molar-refractivity contribution >= 4 is 30.0 Å². The summed E-state index contributed by atoms with van der Waals surface area (Å²) < 4.78 is 0. The van der Waals surface area contributed by atoms with E-state index in [0.717, 1.165) is 49.3 Å². The highest BCUT2D eigenvalue weighted by Crippen LogP contribution is 2.20. The minimum atomic E-state index is -0.782. The van der Waals surface area contributed by atoms with Crippen LogP contribution in [0, 0.1) is 13.8 Å². The van der Waals surface area contributed by atoms with Crippen molar-refractivity contribution in [2.45, 2.75) is 52.6 Å². The zero-order valence-electron chi connectivity index (χ0n) is 16.7. The molecule has 1 saturated heterocycles. The van der Waals surface area contributed by atoms with Gasteiger partial charge in [0.25, 0.3) is 0 Å². The van der Waals surface area contributed by atoms with E-state index in [0.29, 0.717) is 0 Å². The van der Waals surface area contributed by atoms with Gasteiger partial charge in [0, 0.05) is 24.8 Å². The number of hydrogen-bond acceptors (Lipinski definition) is 4. The van der Waals surface area contributed by atoms with Gasteiger partial charge in [-0.1, -0.05) is 19.1 Å². The number of nitrogens with one attached hydrogen (secondary N) is 1. The molecule has 6 nitrogen and oxygen atoms in total. The number of amides is 1. The summed E-state index contributed by atoms with van der Waals surface area (Å²) in [5.74, 6) is -0.773. The molecule has 1 heterocycles. The first-order chi connectivity index (χ1) is 12.3. The molecule has 152 valence electrons. The van der Waals surface area contributed by atoms with Gasteiger partial charge in [-0.05, 0) is 57.4 Å². The van der Waals surface area contributed by atoms with Crippen LogP contribution in [-0.4, -0.2) is 65.0 Å². The van der Waals surface area contributed by atoms with Gasteiger partial charge in [-0.15, -0.1) is 12.4 Å². The lowest BCUT2D eigenvalue weighted by atomic mass is 10.0. The van der Waals surface area contributed by atoms with Crippen LogP contribution in [0.3, 0.4) is 0 Å². The van der Waals surface area contributed by atoms with Gasteiger partial charge in [0.05, 0.1) is 12.6 Å². The van der Waals surface area contributed by atoms with E-state index in [1.165, 1.54) is 0 Å². The van der Waals surface area contributed by atoms with Crippen molar-refractivity contribution in [2.24, 2.45) is 0 Å². The van der Waals surface area contributed by atoms with E-state index in [9.17, 15) is 9.59 Å². The van der Waals surface area contributed by atoms with E-state index in [4.69, 9.17) is 5.11 Å². The summed E-state index contributed by atoms with van der Waals surface area (Å²) in [6, 6.07) is 6.13. The number of hydrogen-bond donors (Lipinski definition) is 2. The fraction of sp³-hybridized carbons (Fsp3) is 0.600. The number of rotatable bonds is 7. The SMILES string of the molecule is CCN(CC(=O)O)C1CCN(C(C)C(=O)Nc2cc(C)ccc2C)CC1.Cl. The van der Waals surface area contributed by atoms with Gasteiger partial charge < -0.3 is 10.4 Å². The number of nitrogens with zero attached hydrogens (tertiary/aromatic N) is 2. The second-order valence-corrected chi connectivity index (χ2v) is 7.21. The molecule has 1 fully saturated rings. The summed E-state index contributed by atoms with van der Waals surface area (Å²) in [6.45, 7) is 10.4. The number of piperidine rings is 1. The number of likely N-dealkylation sites (N-methyl/N-ethyl adjacent to an activating group) is 1. The number of carbonyl (C=O) groups is 2. The van der Waals surface area contributed by atoms with E-state index in [-0.39, 0.29) is 36.9 Å². The monoisotopic (exact) mass is 397 g/mol. The van der Waals surface area contributed by atoms with E-state index in [2.05, 4.69) is 10.2 Å². The van der Waals surface area contributed by atoms with Crippen LogP contribution >= 0.6 is 12.4 Å². The second-order valence-electron chi connectivity index (χ2n) is 7.21. The van der Waals surface area contributed by atoms with Crippen LogP contribution in [0.4, 0.5) is 5.69 Å². The van der Waals surface area contributed by atoms with Crippen molar-refractivity contribution in [3.8, 4) is 0 Å². The Hall–Kier alpha value is -1.63. The molecule has 1 unspecified atom stereocenters. The van der Waals surface area contributed by atoms with Gasteiger partial charge in [-0.2, -0.15) is 0 Å². The molecule has 2 rings (SSSR count). The Bertz CT molecular complexity index is 645. The molecule has 1 aromatic carbocycles. The van der Waals surface area contributed by atoms with Crippen LogP contribution in [0.5, 0.6) is 0 Å². The van der Waals surface area contributed by atoms with Crippen molar-refractivity contribution < 1.29 is 14.7 Å². The van der Waals surface area contributed by atoms with Gasteiger partial charge >= 0.3 is 5.97 Å². The number of halogens is 1. The molecule has 0 bridgehead atoms. The summed E-state index contributed by atoms with van der Waals surface area (Å²) in [7, 11) is 0. The Balaban J connectivity index is 0.00000364. The third-order valence-electron chi connectivity index (χ3n) is 5.34. The quantitative estimate of drug-likeness (QED) is 0.740. The molecule has 2 N–H and O–H groups in total. The molecule has 0 saturated carbocycles. The van der Waals surface area contributed by atoms with Crippen LogP contribution in [-0.2, 0) is 9.59 Å². The molecule has 0 spiro atoms. The number of aliphatic carboxylic acids is 1. The van der Waals surface area contributed by atoms with Crippen molar-refractivity contribution in [2.75, 3.05) is 31.5 Å². The summed E-state index contributed by atoms with van der Waals surface area (Å²) in [5.41, 5.74) is 3.05. The highest BCUT2D eigenvalue weighted by Gasteiger charge is 2.29. The number of anilines is 1. The van der Waals surface area contributed by atoms with Gasteiger partial charge in [-0.25, -0.2) is 0 Å². The summed E-state index contributed by atoms with van der Waals surface area (Å²) in [6.07, 6.45) is 1.78. The Morgan fingerprint density at radius 2 is 1.93 bits per heavy atom. The second kappa shape index (κ2) is 10.6. The smallest absolute Gasteiger partial charge is 0.317 e. The first kappa shape index (κ1) is 23.4. The van der Waals surface area contributed by atoms with Gasteiger partial charge in [0.2, 0.25) is 5.91 Å². The van der Waals surface area contributed by atoms with Crippen molar-refractivity contribution in [3.63, 3.8) is 0 Å². The Kier molecular flexibility index (Phi) is 9.22. The van der Waals surface area contributed by atoms with Crippen LogP contribution in [0.25, 0.3) is 0 Å². The average molecular weight is 398 g/mol. The number of likely N-dealkylation sites (tertiary alicyclic amines) is 1. The molecular formula is C20H32ClN3O3. The molecule has 1 amide bonds. The third-order valence-corrected chi connectivity index (χ3v) is 5.34. The molecule has 0 aromatic heterocycles. The predicted molar refractivity (Wildman–Crippen MR) is 111 cm³/mol. The molecule has 27 heavy (non-hydrogen) atoms.